The number of nitrogens with zero attached hydrogens (tertiary/aromatic N) is 3. The standard InChI is InChI=1S/C22H18N4O3/c1-24(2)17-10-15-16(25(3)22(29)23-15)11-18(17)26-20(27)13-8-4-6-12-7-5-9-14(19(12)13)21(26)28/h4-11H,1-3H3,(H,23,29). The minimum absolute atomic E-state index is 0.256. The van der Waals surface area contributed by atoms with Crippen molar-refractivity contribution in [3.05, 3.63) is 70.1 Å². The number of imidazole rings is 1. The number of aromatic amines is 1. The summed E-state index contributed by atoms with van der Waals surface area (Å²) in [6, 6.07) is 14.4. The molecular formula is C22H18N4O3. The zero-order chi connectivity index (χ0) is 20.4. The number of hydrogen-bond donors (Lipinski definition) is 1. The molecule has 144 valence electrons. The van der Waals surface area contributed by atoms with E-state index in [0.717, 1.165) is 5.39 Å². The number of amides is 2. The zero-order valence-electron chi connectivity index (χ0n) is 16.2. The first-order chi connectivity index (χ1) is 13.9. The molecule has 0 saturated heterocycles. The molecule has 0 unspecified atom stereocenters. The van der Waals surface area contributed by atoms with E-state index in [-0.39, 0.29) is 17.5 Å². The molecule has 0 atom stereocenters. The summed E-state index contributed by atoms with van der Waals surface area (Å²) in [7, 11) is 5.31. The average molecular weight is 386 g/mol. The molecule has 1 aliphatic rings. The van der Waals surface area contributed by atoms with Crippen LogP contribution in [0.1, 0.15) is 20.7 Å². The summed E-state index contributed by atoms with van der Waals surface area (Å²) in [4.78, 5) is 44.8. The highest BCUT2D eigenvalue weighted by atomic mass is 16.2. The van der Waals surface area contributed by atoms with Gasteiger partial charge in [0.2, 0.25) is 0 Å². The Balaban J connectivity index is 1.82. The molecule has 1 aromatic heterocycles. The predicted molar refractivity (Wildman–Crippen MR) is 113 cm³/mol. The number of imide groups is 1. The predicted octanol–water partition coefficient (Wildman–Crippen LogP) is 2.89. The molecule has 0 saturated carbocycles. The van der Waals surface area contributed by atoms with E-state index in [1.165, 1.54) is 9.47 Å². The molecule has 0 radical (unpaired) electrons. The van der Waals surface area contributed by atoms with Gasteiger partial charge < -0.3 is 9.88 Å². The Bertz CT molecular complexity index is 1360. The third-order valence-electron chi connectivity index (χ3n) is 5.49. The number of benzene rings is 3. The normalized spacial score (nSPS) is 13.6. The van der Waals surface area contributed by atoms with E-state index in [1.54, 1.807) is 31.3 Å². The Kier molecular flexibility index (Phi) is 3.46. The van der Waals surface area contributed by atoms with Gasteiger partial charge in [0.15, 0.2) is 0 Å². The van der Waals surface area contributed by atoms with Crippen molar-refractivity contribution < 1.29 is 9.59 Å². The number of aromatic nitrogens is 2. The molecule has 7 nitrogen and oxygen atoms in total. The average Bonchev–Trinajstić information content (AvgIpc) is 2.99. The molecule has 7 heteroatoms. The fourth-order valence-corrected chi connectivity index (χ4v) is 4.04. The van der Waals surface area contributed by atoms with E-state index in [0.29, 0.717) is 38.9 Å². The summed E-state index contributed by atoms with van der Waals surface area (Å²) in [6.07, 6.45) is 0. The number of carbonyl (C=O) groups is 2. The van der Waals surface area contributed by atoms with E-state index < -0.39 is 0 Å². The summed E-state index contributed by atoms with van der Waals surface area (Å²) in [5, 5.41) is 1.54. The van der Waals surface area contributed by atoms with E-state index in [2.05, 4.69) is 4.98 Å². The maximum atomic E-state index is 13.4. The van der Waals surface area contributed by atoms with Crippen LogP contribution in [0.2, 0.25) is 0 Å². The molecule has 4 aromatic rings. The zero-order valence-corrected chi connectivity index (χ0v) is 16.2. The SMILES string of the molecule is CN(C)c1cc2[nH]c(=O)n(C)c2cc1N1C(=O)c2cccc3cccc(c23)C1=O. The maximum Gasteiger partial charge on any atom is 0.326 e. The first kappa shape index (κ1) is 17.2. The van der Waals surface area contributed by atoms with Gasteiger partial charge >= 0.3 is 5.69 Å². The van der Waals surface area contributed by atoms with Crippen molar-refractivity contribution in [3.63, 3.8) is 0 Å². The molecular weight excluding hydrogens is 368 g/mol. The maximum absolute atomic E-state index is 13.4. The van der Waals surface area contributed by atoms with Gasteiger partial charge in [-0.2, -0.15) is 0 Å². The van der Waals surface area contributed by atoms with E-state index in [9.17, 15) is 14.4 Å². The van der Waals surface area contributed by atoms with Gasteiger partial charge in [0.05, 0.1) is 22.4 Å². The highest BCUT2D eigenvalue weighted by molar-refractivity contribution is 6.36. The highest BCUT2D eigenvalue weighted by Crippen LogP contribution is 2.38. The largest absolute Gasteiger partial charge is 0.376 e. The summed E-state index contributed by atoms with van der Waals surface area (Å²) in [5.41, 5.74) is 3.09. The number of anilines is 2. The monoisotopic (exact) mass is 386 g/mol. The summed E-state index contributed by atoms with van der Waals surface area (Å²) < 4.78 is 1.46. The lowest BCUT2D eigenvalue weighted by atomic mass is 9.93. The number of hydrogen-bond acceptors (Lipinski definition) is 4. The number of H-pyrrole nitrogens is 1. The van der Waals surface area contributed by atoms with Gasteiger partial charge in [-0.1, -0.05) is 24.3 Å². The first-order valence-corrected chi connectivity index (χ1v) is 9.19. The fraction of sp³-hybridized carbons (Fsp3) is 0.136. The number of fused-ring (bicyclic) bond motifs is 1. The minimum atomic E-state index is -0.373. The minimum Gasteiger partial charge on any atom is -0.376 e. The first-order valence-electron chi connectivity index (χ1n) is 9.19. The van der Waals surface area contributed by atoms with Gasteiger partial charge in [-0.3, -0.25) is 14.2 Å². The Morgan fingerprint density at radius 1 is 0.897 bits per heavy atom. The van der Waals surface area contributed by atoms with Crippen LogP contribution < -0.4 is 15.5 Å². The third kappa shape index (κ3) is 2.27. The molecule has 0 spiro atoms. The van der Waals surface area contributed by atoms with E-state index in [4.69, 9.17) is 0 Å². The van der Waals surface area contributed by atoms with Crippen LogP contribution in [0.5, 0.6) is 0 Å². The Morgan fingerprint density at radius 2 is 1.52 bits per heavy atom. The molecule has 3 aromatic carbocycles. The molecule has 0 aliphatic carbocycles. The molecule has 2 heterocycles. The van der Waals surface area contributed by atoms with Gasteiger partial charge in [-0.15, -0.1) is 0 Å². The molecule has 1 N–H and O–H groups in total. The quantitative estimate of drug-likeness (QED) is 0.538. The molecule has 2 amide bonds. The van der Waals surface area contributed by atoms with E-state index >= 15 is 0 Å². The van der Waals surface area contributed by atoms with Crippen molar-refractivity contribution in [2.24, 2.45) is 7.05 Å². The lowest BCUT2D eigenvalue weighted by molar-refractivity contribution is 0.0893. The van der Waals surface area contributed by atoms with Gasteiger partial charge in [-0.25, -0.2) is 9.69 Å². The molecule has 1 aliphatic heterocycles. The summed E-state index contributed by atoms with van der Waals surface area (Å²) in [5.74, 6) is -0.746. The summed E-state index contributed by atoms with van der Waals surface area (Å²) in [6.45, 7) is 0. The van der Waals surface area contributed by atoms with Gasteiger partial charge in [0.1, 0.15) is 0 Å². The molecule has 0 bridgehead atoms. The smallest absolute Gasteiger partial charge is 0.326 e. The Labute approximate surface area is 165 Å². The van der Waals surface area contributed by atoms with Crippen LogP contribution >= 0.6 is 0 Å². The second-order valence-corrected chi connectivity index (χ2v) is 7.40. The van der Waals surface area contributed by atoms with Gasteiger partial charge in [0.25, 0.3) is 11.8 Å². The van der Waals surface area contributed by atoms with E-state index in [1.807, 2.05) is 43.3 Å². The second-order valence-electron chi connectivity index (χ2n) is 7.40. The summed E-state index contributed by atoms with van der Waals surface area (Å²) >= 11 is 0. The lowest BCUT2D eigenvalue weighted by Crippen LogP contribution is -2.41. The van der Waals surface area contributed by atoms with Crippen LogP contribution in [0.4, 0.5) is 11.4 Å². The number of nitrogens with one attached hydrogen (secondary N) is 1. The lowest BCUT2D eigenvalue weighted by Gasteiger charge is -2.30. The number of carbonyl (C=O) groups excluding carboxylic acids is 2. The Hall–Kier alpha value is -3.87. The van der Waals surface area contributed by atoms with Crippen molar-refractivity contribution in [2.75, 3.05) is 23.9 Å². The van der Waals surface area contributed by atoms with Crippen LogP contribution in [-0.2, 0) is 7.05 Å². The van der Waals surface area contributed by atoms with Gasteiger partial charge in [0, 0.05) is 37.7 Å². The van der Waals surface area contributed by atoms with Crippen molar-refractivity contribution in [2.45, 2.75) is 0 Å². The second kappa shape index (κ2) is 5.81. The molecule has 5 rings (SSSR count). The van der Waals surface area contributed by atoms with Crippen LogP contribution in [0.25, 0.3) is 21.8 Å². The molecule has 29 heavy (non-hydrogen) atoms. The fourth-order valence-electron chi connectivity index (χ4n) is 4.04. The van der Waals surface area contributed by atoms with Crippen LogP contribution in [0, 0.1) is 0 Å². The van der Waals surface area contributed by atoms with Crippen molar-refractivity contribution >= 4 is 45.0 Å². The number of rotatable bonds is 2. The van der Waals surface area contributed by atoms with Gasteiger partial charge in [-0.05, 0) is 29.7 Å². The third-order valence-corrected chi connectivity index (χ3v) is 5.49. The van der Waals surface area contributed by atoms with Crippen molar-refractivity contribution in [1.29, 1.82) is 0 Å². The van der Waals surface area contributed by atoms with Crippen molar-refractivity contribution in [1.82, 2.24) is 9.55 Å². The topological polar surface area (TPSA) is 78.4 Å². The van der Waals surface area contributed by atoms with Crippen LogP contribution in [0.15, 0.2) is 53.3 Å². The van der Waals surface area contributed by atoms with Crippen molar-refractivity contribution in [3.8, 4) is 0 Å². The van der Waals surface area contributed by atoms with Crippen LogP contribution in [0.3, 0.4) is 0 Å². The highest BCUT2D eigenvalue weighted by Gasteiger charge is 2.35. The Morgan fingerprint density at radius 3 is 2.10 bits per heavy atom. The molecule has 0 fully saturated rings. The van der Waals surface area contributed by atoms with Crippen LogP contribution in [-0.4, -0.2) is 35.5 Å². The number of aryl methyl sites for hydroxylation is 1.